The zero-order valence-electron chi connectivity index (χ0n) is 11.8. The summed E-state index contributed by atoms with van der Waals surface area (Å²) in [4.78, 5) is 27.2. The minimum Gasteiger partial charge on any atom is -0.367 e. The van der Waals surface area contributed by atoms with Gasteiger partial charge in [0, 0.05) is 6.54 Å². The molecule has 1 saturated heterocycles. The van der Waals surface area contributed by atoms with Gasteiger partial charge in [-0.25, -0.2) is 4.79 Å². The van der Waals surface area contributed by atoms with Gasteiger partial charge < -0.3 is 4.84 Å². The molecule has 0 bridgehead atoms. The minimum atomic E-state index is -0.553. The van der Waals surface area contributed by atoms with Crippen molar-refractivity contribution in [1.29, 1.82) is 0 Å². The van der Waals surface area contributed by atoms with Gasteiger partial charge in [0.15, 0.2) is 0 Å². The average molecular weight is 282 g/mol. The first-order valence-corrected chi connectivity index (χ1v) is 6.43. The summed E-state index contributed by atoms with van der Waals surface area (Å²) in [7, 11) is 0. The van der Waals surface area contributed by atoms with Gasteiger partial charge in [0.2, 0.25) is 0 Å². The van der Waals surface area contributed by atoms with Crippen molar-refractivity contribution in [2.45, 2.75) is 33.2 Å². The second kappa shape index (κ2) is 5.20. The Kier molecular flexibility index (Phi) is 3.76. The molecule has 20 heavy (non-hydrogen) atoms. The highest BCUT2D eigenvalue weighted by atomic mass is 16.7. The van der Waals surface area contributed by atoms with Gasteiger partial charge in [-0.3, -0.25) is 14.8 Å². The van der Waals surface area contributed by atoms with E-state index in [0.717, 1.165) is 6.42 Å². The van der Waals surface area contributed by atoms with E-state index in [2.05, 4.69) is 5.10 Å². The van der Waals surface area contributed by atoms with Gasteiger partial charge in [-0.15, -0.1) is 5.06 Å². The fraction of sp³-hybridized carbons (Fsp3) is 0.667. The van der Waals surface area contributed by atoms with Crippen molar-refractivity contribution >= 4 is 11.7 Å². The van der Waals surface area contributed by atoms with Crippen LogP contribution in [0.2, 0.25) is 0 Å². The molecule has 8 nitrogen and oxygen atoms in total. The zero-order valence-corrected chi connectivity index (χ0v) is 11.8. The Hall–Kier alpha value is -1.96. The summed E-state index contributed by atoms with van der Waals surface area (Å²) in [6.45, 7) is 6.46. The van der Waals surface area contributed by atoms with E-state index in [1.165, 1.54) is 12.4 Å². The van der Waals surface area contributed by atoms with E-state index in [0.29, 0.717) is 13.1 Å². The predicted molar refractivity (Wildman–Crippen MR) is 69.7 cm³/mol. The summed E-state index contributed by atoms with van der Waals surface area (Å²) in [5.41, 5.74) is -0.585. The second-order valence-electron chi connectivity index (χ2n) is 5.89. The van der Waals surface area contributed by atoms with Crippen LogP contribution in [0.15, 0.2) is 12.4 Å². The lowest BCUT2D eigenvalue weighted by molar-refractivity contribution is -0.385. The zero-order chi connectivity index (χ0) is 14.9. The van der Waals surface area contributed by atoms with Gasteiger partial charge in [-0.1, -0.05) is 0 Å². The third kappa shape index (κ3) is 3.13. The van der Waals surface area contributed by atoms with E-state index in [9.17, 15) is 14.9 Å². The van der Waals surface area contributed by atoms with Crippen LogP contribution < -0.4 is 0 Å². The molecule has 0 unspecified atom stereocenters. The van der Waals surface area contributed by atoms with Gasteiger partial charge in [-0.2, -0.15) is 5.10 Å². The topological polar surface area (TPSA) is 90.5 Å². The van der Waals surface area contributed by atoms with Crippen molar-refractivity contribution in [2.24, 2.45) is 5.41 Å². The van der Waals surface area contributed by atoms with Crippen molar-refractivity contribution in [3.05, 3.63) is 22.5 Å². The monoisotopic (exact) mass is 282 g/mol. The standard InChI is InChI=1S/C12H18N4O4/c1-12(2,3)11(17)20-14-5-4-9(7-14)15-8-10(6-13-15)16(18)19/h6,8-9H,4-5,7H2,1-3H3/t9-/m1/s1. The maximum Gasteiger partial charge on any atom is 0.330 e. The van der Waals surface area contributed by atoms with Crippen LogP contribution >= 0.6 is 0 Å². The van der Waals surface area contributed by atoms with Crippen LogP contribution in [0.1, 0.15) is 33.2 Å². The van der Waals surface area contributed by atoms with E-state index in [4.69, 9.17) is 4.84 Å². The second-order valence-corrected chi connectivity index (χ2v) is 5.89. The molecule has 2 rings (SSSR count). The number of carbonyl (C=O) groups is 1. The van der Waals surface area contributed by atoms with Gasteiger partial charge in [0.1, 0.15) is 12.4 Å². The Morgan fingerprint density at radius 1 is 1.55 bits per heavy atom. The molecule has 8 heteroatoms. The number of hydrogen-bond donors (Lipinski definition) is 0. The molecule has 2 heterocycles. The molecule has 1 aliphatic heterocycles. The highest BCUT2D eigenvalue weighted by Gasteiger charge is 2.31. The molecule has 0 amide bonds. The first kappa shape index (κ1) is 14.4. The summed E-state index contributed by atoms with van der Waals surface area (Å²) in [5.74, 6) is -0.287. The third-order valence-corrected chi connectivity index (χ3v) is 3.12. The molecule has 1 atom stereocenters. The molecule has 1 aliphatic rings. The van der Waals surface area contributed by atoms with E-state index >= 15 is 0 Å². The normalized spacial score (nSPS) is 20.1. The quantitative estimate of drug-likeness (QED) is 0.617. The van der Waals surface area contributed by atoms with Gasteiger partial charge in [0.05, 0.1) is 22.9 Å². The summed E-state index contributed by atoms with van der Waals surface area (Å²) in [5, 5.41) is 16.2. The Morgan fingerprint density at radius 2 is 2.25 bits per heavy atom. The Morgan fingerprint density at radius 3 is 2.80 bits per heavy atom. The van der Waals surface area contributed by atoms with Crippen LogP contribution in [0.5, 0.6) is 0 Å². The minimum absolute atomic E-state index is 0.0172. The number of hydroxylamine groups is 2. The number of aromatic nitrogens is 2. The van der Waals surface area contributed by atoms with E-state index < -0.39 is 10.3 Å². The van der Waals surface area contributed by atoms with Crippen molar-refractivity contribution in [3.63, 3.8) is 0 Å². The number of rotatable bonds is 3. The molecule has 0 spiro atoms. The van der Waals surface area contributed by atoms with Crippen LogP contribution in [-0.2, 0) is 9.63 Å². The summed E-state index contributed by atoms with van der Waals surface area (Å²) in [6, 6.07) is -0.0172. The van der Waals surface area contributed by atoms with Crippen LogP contribution in [0, 0.1) is 15.5 Å². The fourth-order valence-corrected chi connectivity index (χ4v) is 1.89. The maximum atomic E-state index is 11.8. The lowest BCUT2D eigenvalue weighted by atomic mass is 9.98. The third-order valence-electron chi connectivity index (χ3n) is 3.12. The molecule has 0 aliphatic carbocycles. The van der Waals surface area contributed by atoms with Gasteiger partial charge >= 0.3 is 11.7 Å². The lowest BCUT2D eigenvalue weighted by Gasteiger charge is -2.21. The number of nitrogens with zero attached hydrogens (tertiary/aromatic N) is 4. The van der Waals surface area contributed by atoms with E-state index in [1.54, 1.807) is 30.5 Å². The number of hydrogen-bond acceptors (Lipinski definition) is 6. The van der Waals surface area contributed by atoms with Crippen LogP contribution in [0.3, 0.4) is 0 Å². The van der Waals surface area contributed by atoms with Crippen LogP contribution in [0.4, 0.5) is 5.69 Å². The SMILES string of the molecule is CC(C)(C)C(=O)ON1CC[C@@H](n2cc([N+](=O)[O-])cn2)C1. The number of carbonyl (C=O) groups excluding carboxylic acids is 1. The summed E-state index contributed by atoms with van der Waals surface area (Å²) >= 11 is 0. The van der Waals surface area contributed by atoms with E-state index in [-0.39, 0.29) is 17.7 Å². The highest BCUT2D eigenvalue weighted by molar-refractivity contribution is 5.75. The van der Waals surface area contributed by atoms with Crippen molar-refractivity contribution in [1.82, 2.24) is 14.8 Å². The number of nitro groups is 1. The first-order chi connectivity index (χ1) is 9.27. The Labute approximate surface area is 116 Å². The summed E-state index contributed by atoms with van der Waals surface area (Å²) < 4.78 is 1.56. The molecule has 0 saturated carbocycles. The molecule has 1 fully saturated rings. The highest BCUT2D eigenvalue weighted by Crippen LogP contribution is 2.25. The Bertz CT molecular complexity index is 520. The van der Waals surface area contributed by atoms with Crippen molar-refractivity contribution in [3.8, 4) is 0 Å². The maximum absolute atomic E-state index is 11.8. The largest absolute Gasteiger partial charge is 0.367 e. The molecule has 1 aromatic rings. The lowest BCUT2D eigenvalue weighted by Crippen LogP contribution is -2.32. The fourth-order valence-electron chi connectivity index (χ4n) is 1.89. The Balaban J connectivity index is 1.95. The van der Waals surface area contributed by atoms with Crippen molar-refractivity contribution in [2.75, 3.05) is 13.1 Å². The average Bonchev–Trinajstić information content (AvgIpc) is 2.94. The molecule has 110 valence electrons. The van der Waals surface area contributed by atoms with Crippen molar-refractivity contribution < 1.29 is 14.6 Å². The summed E-state index contributed by atoms with van der Waals surface area (Å²) in [6.07, 6.45) is 3.36. The molecule has 0 N–H and O–H groups in total. The van der Waals surface area contributed by atoms with Gasteiger partial charge in [-0.05, 0) is 27.2 Å². The molecule has 0 radical (unpaired) electrons. The van der Waals surface area contributed by atoms with Gasteiger partial charge in [0.25, 0.3) is 0 Å². The molecular formula is C12H18N4O4. The predicted octanol–water partition coefficient (Wildman–Crippen LogP) is 1.54. The molecule has 1 aromatic heterocycles. The van der Waals surface area contributed by atoms with Crippen LogP contribution in [0.25, 0.3) is 0 Å². The smallest absolute Gasteiger partial charge is 0.330 e. The van der Waals surface area contributed by atoms with E-state index in [1.807, 2.05) is 0 Å². The van der Waals surface area contributed by atoms with Crippen LogP contribution in [-0.4, -0.2) is 38.8 Å². The molecule has 0 aromatic carbocycles. The first-order valence-electron chi connectivity index (χ1n) is 6.43. The molecular weight excluding hydrogens is 264 g/mol.